The van der Waals surface area contributed by atoms with Gasteiger partial charge in [0.25, 0.3) is 0 Å². The van der Waals surface area contributed by atoms with Gasteiger partial charge in [0.1, 0.15) is 0 Å². The third kappa shape index (κ3) is 3.09. The zero-order chi connectivity index (χ0) is 13.9. The lowest BCUT2D eigenvalue weighted by atomic mass is 9.86. The summed E-state index contributed by atoms with van der Waals surface area (Å²) in [7, 11) is 3.98. The standard InChI is InChI=1S/C12H21N5O2/c1-16(2)8-5-10-13-14-15-17(10)9-12(11(18)19)6-3-4-7-12/h3-9H2,1-2H3,(H,18,19). The molecule has 1 N–H and O–H groups in total. The summed E-state index contributed by atoms with van der Waals surface area (Å²) >= 11 is 0. The van der Waals surface area contributed by atoms with E-state index in [-0.39, 0.29) is 0 Å². The summed E-state index contributed by atoms with van der Waals surface area (Å²) < 4.78 is 1.67. The fraction of sp³-hybridized carbons (Fsp3) is 0.833. The fourth-order valence-electron chi connectivity index (χ4n) is 2.63. The van der Waals surface area contributed by atoms with E-state index in [0.29, 0.717) is 6.54 Å². The molecule has 1 aromatic rings. The van der Waals surface area contributed by atoms with Crippen molar-refractivity contribution in [2.24, 2.45) is 5.41 Å². The SMILES string of the molecule is CN(C)CCc1nnnn1CC1(C(=O)O)CCCC1. The molecule has 7 nitrogen and oxygen atoms in total. The minimum Gasteiger partial charge on any atom is -0.481 e. The predicted octanol–water partition coefficient (Wildman–Crippen LogP) is 0.422. The highest BCUT2D eigenvalue weighted by Crippen LogP contribution is 2.39. The van der Waals surface area contributed by atoms with Crippen molar-refractivity contribution in [1.29, 1.82) is 0 Å². The van der Waals surface area contributed by atoms with Gasteiger partial charge in [-0.05, 0) is 37.4 Å². The molecule has 1 aromatic heterocycles. The van der Waals surface area contributed by atoms with E-state index in [1.807, 2.05) is 14.1 Å². The Labute approximate surface area is 112 Å². The molecule has 7 heteroatoms. The van der Waals surface area contributed by atoms with Gasteiger partial charge < -0.3 is 10.0 Å². The second-order valence-electron chi connectivity index (χ2n) is 5.60. The van der Waals surface area contributed by atoms with Crippen LogP contribution in [0.25, 0.3) is 0 Å². The van der Waals surface area contributed by atoms with E-state index in [0.717, 1.165) is 44.5 Å². The van der Waals surface area contributed by atoms with E-state index in [1.54, 1.807) is 4.68 Å². The van der Waals surface area contributed by atoms with Crippen molar-refractivity contribution < 1.29 is 9.90 Å². The van der Waals surface area contributed by atoms with Gasteiger partial charge in [-0.1, -0.05) is 12.8 Å². The van der Waals surface area contributed by atoms with Crippen LogP contribution in [0.2, 0.25) is 0 Å². The molecule has 1 heterocycles. The molecule has 0 radical (unpaired) electrons. The number of hydrogen-bond acceptors (Lipinski definition) is 5. The molecule has 0 amide bonds. The van der Waals surface area contributed by atoms with Gasteiger partial charge in [0.05, 0.1) is 12.0 Å². The molecular weight excluding hydrogens is 246 g/mol. The Bertz CT molecular complexity index is 437. The van der Waals surface area contributed by atoms with Crippen molar-refractivity contribution in [3.8, 4) is 0 Å². The maximum absolute atomic E-state index is 11.5. The van der Waals surface area contributed by atoms with Crippen LogP contribution >= 0.6 is 0 Å². The molecule has 0 atom stereocenters. The zero-order valence-corrected chi connectivity index (χ0v) is 11.5. The van der Waals surface area contributed by atoms with Crippen molar-refractivity contribution in [1.82, 2.24) is 25.1 Å². The number of rotatable bonds is 6. The highest BCUT2D eigenvalue weighted by atomic mass is 16.4. The lowest BCUT2D eigenvalue weighted by Crippen LogP contribution is -2.34. The van der Waals surface area contributed by atoms with Crippen molar-refractivity contribution in [2.75, 3.05) is 20.6 Å². The van der Waals surface area contributed by atoms with Crippen LogP contribution < -0.4 is 0 Å². The van der Waals surface area contributed by atoms with Gasteiger partial charge in [-0.25, -0.2) is 4.68 Å². The number of carboxylic acid groups (broad SMARTS) is 1. The fourth-order valence-corrected chi connectivity index (χ4v) is 2.63. The van der Waals surface area contributed by atoms with Crippen molar-refractivity contribution in [2.45, 2.75) is 38.6 Å². The molecule has 0 unspecified atom stereocenters. The maximum Gasteiger partial charge on any atom is 0.311 e. The van der Waals surface area contributed by atoms with Gasteiger partial charge in [0.15, 0.2) is 5.82 Å². The van der Waals surface area contributed by atoms with E-state index in [4.69, 9.17) is 0 Å². The lowest BCUT2D eigenvalue weighted by Gasteiger charge is -2.23. The van der Waals surface area contributed by atoms with Crippen LogP contribution in [0.3, 0.4) is 0 Å². The van der Waals surface area contributed by atoms with Gasteiger partial charge in [0.2, 0.25) is 0 Å². The number of tetrazole rings is 1. The maximum atomic E-state index is 11.5. The number of aliphatic carboxylic acids is 1. The topological polar surface area (TPSA) is 84.1 Å². The normalized spacial score (nSPS) is 18.1. The Balaban J connectivity index is 2.10. The molecule has 1 aliphatic rings. The Hall–Kier alpha value is -1.50. The third-order valence-electron chi connectivity index (χ3n) is 3.86. The van der Waals surface area contributed by atoms with Crippen LogP contribution in [0.4, 0.5) is 0 Å². The van der Waals surface area contributed by atoms with Crippen LogP contribution in [-0.2, 0) is 17.8 Å². The molecule has 0 bridgehead atoms. The molecule has 106 valence electrons. The number of hydrogen-bond donors (Lipinski definition) is 1. The Morgan fingerprint density at radius 1 is 1.42 bits per heavy atom. The molecular formula is C12H21N5O2. The van der Waals surface area contributed by atoms with E-state index >= 15 is 0 Å². The molecule has 0 spiro atoms. The number of aromatic nitrogens is 4. The van der Waals surface area contributed by atoms with E-state index in [9.17, 15) is 9.90 Å². The van der Waals surface area contributed by atoms with Crippen LogP contribution in [0, 0.1) is 5.41 Å². The first kappa shape index (κ1) is 13.9. The lowest BCUT2D eigenvalue weighted by molar-refractivity contribution is -0.149. The van der Waals surface area contributed by atoms with Crippen LogP contribution in [0.15, 0.2) is 0 Å². The van der Waals surface area contributed by atoms with Crippen LogP contribution in [-0.4, -0.2) is 56.8 Å². The third-order valence-corrected chi connectivity index (χ3v) is 3.86. The minimum atomic E-state index is -0.723. The molecule has 1 saturated carbocycles. The average molecular weight is 267 g/mol. The van der Waals surface area contributed by atoms with Crippen molar-refractivity contribution >= 4 is 5.97 Å². The van der Waals surface area contributed by atoms with Gasteiger partial charge in [-0.2, -0.15) is 0 Å². The Morgan fingerprint density at radius 3 is 2.68 bits per heavy atom. The first-order chi connectivity index (χ1) is 9.03. The minimum absolute atomic E-state index is 0.387. The summed E-state index contributed by atoms with van der Waals surface area (Å²) in [5, 5.41) is 21.1. The summed E-state index contributed by atoms with van der Waals surface area (Å²) in [6.45, 7) is 1.23. The number of carboxylic acids is 1. The highest BCUT2D eigenvalue weighted by Gasteiger charge is 2.42. The molecule has 1 fully saturated rings. The van der Waals surface area contributed by atoms with E-state index in [2.05, 4.69) is 20.4 Å². The molecule has 2 rings (SSSR count). The summed E-state index contributed by atoms with van der Waals surface area (Å²) in [5.74, 6) is 0.0419. The summed E-state index contributed by atoms with van der Waals surface area (Å²) in [6.07, 6.45) is 4.11. The average Bonchev–Trinajstić information content (AvgIpc) is 2.97. The molecule has 19 heavy (non-hydrogen) atoms. The summed E-state index contributed by atoms with van der Waals surface area (Å²) in [4.78, 5) is 13.6. The molecule has 0 aliphatic heterocycles. The van der Waals surface area contributed by atoms with Gasteiger partial charge in [-0.15, -0.1) is 5.10 Å². The quantitative estimate of drug-likeness (QED) is 0.804. The van der Waals surface area contributed by atoms with Crippen LogP contribution in [0.5, 0.6) is 0 Å². The molecule has 1 aliphatic carbocycles. The van der Waals surface area contributed by atoms with Crippen molar-refractivity contribution in [3.63, 3.8) is 0 Å². The Morgan fingerprint density at radius 2 is 2.11 bits per heavy atom. The smallest absolute Gasteiger partial charge is 0.311 e. The van der Waals surface area contributed by atoms with Gasteiger partial charge in [0, 0.05) is 13.0 Å². The number of carbonyl (C=O) groups is 1. The first-order valence-electron chi connectivity index (χ1n) is 6.67. The zero-order valence-electron chi connectivity index (χ0n) is 11.5. The van der Waals surface area contributed by atoms with Crippen LogP contribution in [0.1, 0.15) is 31.5 Å². The highest BCUT2D eigenvalue weighted by molar-refractivity contribution is 5.74. The summed E-state index contributed by atoms with van der Waals surface area (Å²) in [6, 6.07) is 0. The Kier molecular flexibility index (Phi) is 4.14. The van der Waals surface area contributed by atoms with Crippen molar-refractivity contribution in [3.05, 3.63) is 5.82 Å². The first-order valence-corrected chi connectivity index (χ1v) is 6.67. The van der Waals surface area contributed by atoms with E-state index in [1.165, 1.54) is 0 Å². The monoisotopic (exact) mass is 267 g/mol. The second-order valence-corrected chi connectivity index (χ2v) is 5.60. The van der Waals surface area contributed by atoms with E-state index < -0.39 is 11.4 Å². The number of likely N-dealkylation sites (N-methyl/N-ethyl adjacent to an activating group) is 1. The summed E-state index contributed by atoms with van der Waals surface area (Å²) in [5.41, 5.74) is -0.678. The number of nitrogens with zero attached hydrogens (tertiary/aromatic N) is 5. The molecule has 0 aromatic carbocycles. The second kappa shape index (κ2) is 5.64. The predicted molar refractivity (Wildman–Crippen MR) is 68.6 cm³/mol. The van der Waals surface area contributed by atoms with Gasteiger partial charge in [-0.3, -0.25) is 4.79 Å². The largest absolute Gasteiger partial charge is 0.481 e. The van der Waals surface area contributed by atoms with Gasteiger partial charge >= 0.3 is 5.97 Å². The molecule has 0 saturated heterocycles.